The molecule has 1 aliphatic rings. The van der Waals surface area contributed by atoms with E-state index in [2.05, 4.69) is 35.0 Å². The van der Waals surface area contributed by atoms with Crippen molar-refractivity contribution in [1.82, 2.24) is 4.90 Å². The van der Waals surface area contributed by atoms with Gasteiger partial charge in [-0.2, -0.15) is 11.8 Å². The molecule has 1 atom stereocenters. The van der Waals surface area contributed by atoms with Crippen LogP contribution in [-0.2, 0) is 17.9 Å². The van der Waals surface area contributed by atoms with Gasteiger partial charge in [-0.1, -0.05) is 12.1 Å². The summed E-state index contributed by atoms with van der Waals surface area (Å²) in [5, 5.41) is 4.28. The van der Waals surface area contributed by atoms with Gasteiger partial charge in [0.2, 0.25) is 5.91 Å². The van der Waals surface area contributed by atoms with Gasteiger partial charge in [-0.15, -0.1) is 34.4 Å². The van der Waals surface area contributed by atoms with E-state index in [0.717, 1.165) is 24.6 Å². The van der Waals surface area contributed by atoms with Crippen LogP contribution in [0.1, 0.15) is 9.75 Å². The predicted molar refractivity (Wildman–Crippen MR) is 96.5 cm³/mol. The highest BCUT2D eigenvalue weighted by Gasteiger charge is 2.27. The summed E-state index contributed by atoms with van der Waals surface area (Å²) in [6, 6.07) is 8.34. The molecule has 2 nitrogen and oxygen atoms in total. The zero-order valence-corrected chi connectivity index (χ0v) is 14.8. The molecule has 6 heteroatoms. The van der Waals surface area contributed by atoms with Gasteiger partial charge in [0, 0.05) is 27.0 Å². The second-order valence-electron chi connectivity index (χ2n) is 4.79. The van der Waals surface area contributed by atoms with Gasteiger partial charge in [0.05, 0.1) is 18.3 Å². The molecule has 0 saturated carbocycles. The summed E-state index contributed by atoms with van der Waals surface area (Å²) in [6.45, 7) is 1.46. The van der Waals surface area contributed by atoms with E-state index in [4.69, 9.17) is 0 Å². The summed E-state index contributed by atoms with van der Waals surface area (Å²) >= 11 is 7.17. The van der Waals surface area contributed by atoms with Crippen LogP contribution in [0.4, 0.5) is 0 Å². The minimum Gasteiger partial charge on any atom is -0.331 e. The maximum atomic E-state index is 12.9. The van der Waals surface area contributed by atoms with Crippen LogP contribution in [0.15, 0.2) is 35.0 Å². The van der Waals surface area contributed by atoms with E-state index in [9.17, 15) is 4.79 Å². The number of hydrogen-bond donors (Lipinski definition) is 0. The second kappa shape index (κ2) is 7.72. The summed E-state index contributed by atoms with van der Waals surface area (Å²) in [6.07, 6.45) is 0. The normalized spacial score (nSPS) is 18.6. The summed E-state index contributed by atoms with van der Waals surface area (Å²) in [5.74, 6) is 3.51. The molecule has 1 aliphatic heterocycles. The Morgan fingerprint density at radius 2 is 1.76 bits per heavy atom. The van der Waals surface area contributed by atoms with Gasteiger partial charge in [-0.3, -0.25) is 4.79 Å². The van der Waals surface area contributed by atoms with Crippen molar-refractivity contribution in [2.75, 3.05) is 17.3 Å². The topological polar surface area (TPSA) is 20.3 Å². The molecule has 0 radical (unpaired) electrons. The molecule has 0 spiro atoms. The molecule has 0 bridgehead atoms. The van der Waals surface area contributed by atoms with Crippen molar-refractivity contribution in [3.05, 3.63) is 44.8 Å². The highest BCUT2D eigenvalue weighted by Crippen LogP contribution is 2.27. The molecular formula is C15H17NOS4. The Hall–Kier alpha value is -0.430. The van der Waals surface area contributed by atoms with Crippen molar-refractivity contribution in [3.63, 3.8) is 0 Å². The van der Waals surface area contributed by atoms with Crippen molar-refractivity contribution in [3.8, 4) is 0 Å². The Labute approximate surface area is 141 Å². The molecule has 1 amide bonds. The van der Waals surface area contributed by atoms with Crippen molar-refractivity contribution in [2.45, 2.75) is 18.3 Å². The van der Waals surface area contributed by atoms with Crippen LogP contribution in [0, 0.1) is 0 Å². The van der Waals surface area contributed by atoms with Gasteiger partial charge in [0.15, 0.2) is 0 Å². The van der Waals surface area contributed by atoms with Crippen molar-refractivity contribution in [2.24, 2.45) is 0 Å². The molecule has 1 saturated heterocycles. The number of amides is 1. The summed E-state index contributed by atoms with van der Waals surface area (Å²) in [7, 11) is 0. The second-order valence-corrected chi connectivity index (χ2v) is 9.31. The van der Waals surface area contributed by atoms with E-state index >= 15 is 0 Å². The van der Waals surface area contributed by atoms with E-state index in [1.807, 2.05) is 28.4 Å². The summed E-state index contributed by atoms with van der Waals surface area (Å²) in [5.41, 5.74) is 0. The van der Waals surface area contributed by atoms with E-state index in [1.54, 1.807) is 22.7 Å². The maximum Gasteiger partial charge on any atom is 0.237 e. The lowest BCUT2D eigenvalue weighted by molar-refractivity contribution is -0.131. The maximum absolute atomic E-state index is 12.9. The minimum atomic E-state index is 0.128. The Balaban J connectivity index is 1.72. The lowest BCUT2D eigenvalue weighted by Gasteiger charge is -2.28. The molecule has 3 heterocycles. The largest absolute Gasteiger partial charge is 0.331 e. The molecule has 0 N–H and O–H groups in total. The number of hydrogen-bond acceptors (Lipinski definition) is 5. The number of nitrogens with zero attached hydrogens (tertiary/aromatic N) is 1. The fourth-order valence-corrected chi connectivity index (χ4v) is 6.30. The molecule has 0 aliphatic carbocycles. The Morgan fingerprint density at radius 3 is 2.24 bits per heavy atom. The third kappa shape index (κ3) is 4.28. The number of carbonyl (C=O) groups is 1. The van der Waals surface area contributed by atoms with Crippen LogP contribution in [0.25, 0.3) is 0 Å². The standard InChI is InChI=1S/C15H17NOS4/c17-15(14-11-18-7-8-21-14)16(9-12-3-1-5-19-12)10-13-4-2-6-20-13/h1-6,14H,7-11H2. The first kappa shape index (κ1) is 15.5. The van der Waals surface area contributed by atoms with Gasteiger partial charge in [-0.05, 0) is 22.9 Å². The zero-order chi connectivity index (χ0) is 14.5. The number of thiophene rings is 2. The molecule has 112 valence electrons. The average molecular weight is 356 g/mol. The van der Waals surface area contributed by atoms with Crippen LogP contribution in [-0.4, -0.2) is 33.3 Å². The van der Waals surface area contributed by atoms with Gasteiger partial charge >= 0.3 is 0 Å². The highest BCUT2D eigenvalue weighted by atomic mass is 32.2. The van der Waals surface area contributed by atoms with Crippen LogP contribution in [0.3, 0.4) is 0 Å². The smallest absolute Gasteiger partial charge is 0.237 e. The average Bonchev–Trinajstić information content (AvgIpc) is 3.20. The first-order valence-corrected chi connectivity index (χ1v) is 10.8. The number of rotatable bonds is 5. The van der Waals surface area contributed by atoms with E-state index in [1.165, 1.54) is 15.5 Å². The summed E-state index contributed by atoms with van der Waals surface area (Å²) in [4.78, 5) is 17.4. The van der Waals surface area contributed by atoms with Gasteiger partial charge in [0.1, 0.15) is 0 Å². The fourth-order valence-electron chi connectivity index (χ4n) is 2.23. The minimum absolute atomic E-state index is 0.128. The number of thioether (sulfide) groups is 2. The lowest BCUT2D eigenvalue weighted by atomic mass is 10.3. The van der Waals surface area contributed by atoms with Gasteiger partial charge < -0.3 is 4.90 Å². The van der Waals surface area contributed by atoms with E-state index in [-0.39, 0.29) is 5.25 Å². The van der Waals surface area contributed by atoms with Crippen LogP contribution < -0.4 is 0 Å². The van der Waals surface area contributed by atoms with Crippen LogP contribution >= 0.6 is 46.2 Å². The molecule has 1 fully saturated rings. The van der Waals surface area contributed by atoms with Gasteiger partial charge in [-0.25, -0.2) is 0 Å². The Bertz CT molecular complexity index is 510. The monoisotopic (exact) mass is 355 g/mol. The summed E-state index contributed by atoms with van der Waals surface area (Å²) < 4.78 is 0. The molecule has 2 aromatic rings. The third-order valence-corrected chi connectivity index (χ3v) is 7.72. The molecular weight excluding hydrogens is 338 g/mol. The first-order chi connectivity index (χ1) is 10.3. The van der Waals surface area contributed by atoms with E-state index in [0.29, 0.717) is 5.91 Å². The quantitative estimate of drug-likeness (QED) is 0.802. The molecule has 3 rings (SSSR count). The van der Waals surface area contributed by atoms with Crippen LogP contribution in [0.2, 0.25) is 0 Å². The van der Waals surface area contributed by atoms with Crippen molar-refractivity contribution >= 4 is 52.1 Å². The van der Waals surface area contributed by atoms with Crippen molar-refractivity contribution < 1.29 is 4.79 Å². The fraction of sp³-hybridized carbons (Fsp3) is 0.400. The number of carbonyl (C=O) groups excluding carboxylic acids is 1. The predicted octanol–water partition coefficient (Wildman–Crippen LogP) is 4.19. The first-order valence-electron chi connectivity index (χ1n) is 6.86. The molecule has 1 unspecified atom stereocenters. The zero-order valence-electron chi connectivity index (χ0n) is 11.6. The highest BCUT2D eigenvalue weighted by molar-refractivity contribution is 8.07. The van der Waals surface area contributed by atoms with E-state index < -0.39 is 0 Å². The SMILES string of the molecule is O=C(C1CSCCS1)N(Cc1cccs1)Cc1cccs1. The molecule has 21 heavy (non-hydrogen) atoms. The third-order valence-electron chi connectivity index (χ3n) is 3.26. The van der Waals surface area contributed by atoms with Crippen molar-refractivity contribution in [1.29, 1.82) is 0 Å². The Kier molecular flexibility index (Phi) is 5.68. The van der Waals surface area contributed by atoms with Crippen LogP contribution in [0.5, 0.6) is 0 Å². The Morgan fingerprint density at radius 1 is 1.10 bits per heavy atom. The molecule has 0 aromatic carbocycles. The molecule has 2 aromatic heterocycles. The lowest BCUT2D eigenvalue weighted by Crippen LogP contribution is -2.39. The van der Waals surface area contributed by atoms with Gasteiger partial charge in [0.25, 0.3) is 0 Å².